The number of anilines is 1. The average molecular weight is 371 g/mol. The van der Waals surface area contributed by atoms with Gasteiger partial charge in [0, 0.05) is 11.8 Å². The standard InChI is InChI=1S/C19H17NO7/c1-12(19(23)20-14-6-7-16-17(8-14)26-11-25-16)27-18(22)10-24-15-5-3-2-4-13(15)9-21/h2-9,12H,10-11H2,1H3,(H,20,23)/t12-/m1/s1. The Morgan fingerprint density at radius 3 is 2.78 bits per heavy atom. The van der Waals surface area contributed by atoms with Gasteiger partial charge in [0.05, 0.1) is 5.56 Å². The van der Waals surface area contributed by atoms with Crippen molar-refractivity contribution < 1.29 is 33.3 Å². The fourth-order valence-electron chi connectivity index (χ4n) is 2.35. The van der Waals surface area contributed by atoms with Crippen LogP contribution in [-0.2, 0) is 14.3 Å². The largest absolute Gasteiger partial charge is 0.481 e. The fraction of sp³-hybridized carbons (Fsp3) is 0.211. The van der Waals surface area contributed by atoms with Gasteiger partial charge in [-0.2, -0.15) is 0 Å². The molecule has 0 spiro atoms. The summed E-state index contributed by atoms with van der Waals surface area (Å²) in [4.78, 5) is 35.0. The van der Waals surface area contributed by atoms with Crippen molar-refractivity contribution >= 4 is 23.9 Å². The highest BCUT2D eigenvalue weighted by molar-refractivity contribution is 5.95. The van der Waals surface area contributed by atoms with Crippen LogP contribution in [0.4, 0.5) is 5.69 Å². The van der Waals surface area contributed by atoms with E-state index in [-0.39, 0.29) is 12.5 Å². The Labute approximate surface area is 155 Å². The van der Waals surface area contributed by atoms with Crippen molar-refractivity contribution in [1.82, 2.24) is 0 Å². The minimum Gasteiger partial charge on any atom is -0.481 e. The van der Waals surface area contributed by atoms with Crippen molar-refractivity contribution in [1.29, 1.82) is 0 Å². The van der Waals surface area contributed by atoms with Crippen molar-refractivity contribution in [3.8, 4) is 17.2 Å². The maximum absolute atomic E-state index is 12.2. The molecule has 8 nitrogen and oxygen atoms in total. The highest BCUT2D eigenvalue weighted by Crippen LogP contribution is 2.34. The van der Waals surface area contributed by atoms with Crippen LogP contribution in [0.5, 0.6) is 17.2 Å². The lowest BCUT2D eigenvalue weighted by Gasteiger charge is -2.14. The first-order valence-electron chi connectivity index (χ1n) is 8.14. The lowest BCUT2D eigenvalue weighted by atomic mass is 10.2. The van der Waals surface area contributed by atoms with Crippen LogP contribution in [0.25, 0.3) is 0 Å². The number of benzene rings is 2. The van der Waals surface area contributed by atoms with E-state index >= 15 is 0 Å². The summed E-state index contributed by atoms with van der Waals surface area (Å²) in [6.07, 6.45) is -0.407. The molecule has 27 heavy (non-hydrogen) atoms. The van der Waals surface area contributed by atoms with Crippen molar-refractivity contribution in [2.75, 3.05) is 18.7 Å². The average Bonchev–Trinajstić information content (AvgIpc) is 3.14. The SMILES string of the molecule is C[C@@H](OC(=O)COc1ccccc1C=O)C(=O)Nc1ccc2c(c1)OCO2. The normalized spacial score (nSPS) is 12.8. The van der Waals surface area contributed by atoms with E-state index in [1.807, 2.05) is 0 Å². The van der Waals surface area contributed by atoms with Crippen LogP contribution in [0.1, 0.15) is 17.3 Å². The summed E-state index contributed by atoms with van der Waals surface area (Å²) < 4.78 is 20.8. The van der Waals surface area contributed by atoms with E-state index in [0.717, 1.165) is 0 Å². The van der Waals surface area contributed by atoms with Crippen LogP contribution in [0.3, 0.4) is 0 Å². The smallest absolute Gasteiger partial charge is 0.344 e. The highest BCUT2D eigenvalue weighted by atomic mass is 16.7. The summed E-state index contributed by atoms with van der Waals surface area (Å²) in [6, 6.07) is 11.4. The third-order valence-electron chi connectivity index (χ3n) is 3.71. The lowest BCUT2D eigenvalue weighted by Crippen LogP contribution is -2.31. The molecule has 1 aliphatic heterocycles. The topological polar surface area (TPSA) is 100 Å². The van der Waals surface area contributed by atoms with Gasteiger partial charge in [0.25, 0.3) is 5.91 Å². The molecular formula is C19H17NO7. The summed E-state index contributed by atoms with van der Waals surface area (Å²) in [5, 5.41) is 2.63. The quantitative estimate of drug-likeness (QED) is 0.588. The van der Waals surface area contributed by atoms with Gasteiger partial charge in [-0.25, -0.2) is 4.79 Å². The number of carbonyl (C=O) groups is 3. The van der Waals surface area contributed by atoms with Gasteiger partial charge in [-0.15, -0.1) is 0 Å². The number of aldehydes is 1. The molecule has 0 saturated carbocycles. The molecule has 1 amide bonds. The van der Waals surface area contributed by atoms with Crippen molar-refractivity contribution in [2.24, 2.45) is 0 Å². The Hall–Kier alpha value is -3.55. The Kier molecular flexibility index (Phi) is 5.55. The second-order valence-electron chi connectivity index (χ2n) is 5.63. The van der Waals surface area contributed by atoms with E-state index in [4.69, 9.17) is 18.9 Å². The van der Waals surface area contributed by atoms with Gasteiger partial charge >= 0.3 is 5.97 Å². The first-order valence-corrected chi connectivity index (χ1v) is 8.14. The van der Waals surface area contributed by atoms with Gasteiger partial charge in [-0.3, -0.25) is 9.59 Å². The molecule has 0 unspecified atom stereocenters. The van der Waals surface area contributed by atoms with Crippen LogP contribution < -0.4 is 19.5 Å². The fourth-order valence-corrected chi connectivity index (χ4v) is 2.35. The molecule has 1 N–H and O–H groups in total. The third-order valence-corrected chi connectivity index (χ3v) is 3.71. The molecule has 2 aromatic rings. The number of amides is 1. The first-order chi connectivity index (χ1) is 13.1. The predicted octanol–water partition coefficient (Wildman–Crippen LogP) is 2.18. The molecule has 0 bridgehead atoms. The molecule has 0 aromatic heterocycles. The van der Waals surface area contributed by atoms with Crippen molar-refractivity contribution in [3.05, 3.63) is 48.0 Å². The second kappa shape index (κ2) is 8.22. The Morgan fingerprint density at radius 1 is 1.19 bits per heavy atom. The number of hydrogen-bond acceptors (Lipinski definition) is 7. The molecule has 2 aromatic carbocycles. The second-order valence-corrected chi connectivity index (χ2v) is 5.63. The predicted molar refractivity (Wildman–Crippen MR) is 94.1 cm³/mol. The molecule has 1 heterocycles. The van der Waals surface area contributed by atoms with E-state index in [2.05, 4.69) is 5.32 Å². The molecule has 0 radical (unpaired) electrons. The van der Waals surface area contributed by atoms with Crippen LogP contribution in [0, 0.1) is 0 Å². The molecule has 0 fully saturated rings. The lowest BCUT2D eigenvalue weighted by molar-refractivity contribution is -0.155. The van der Waals surface area contributed by atoms with Crippen LogP contribution in [-0.4, -0.2) is 37.7 Å². The van der Waals surface area contributed by atoms with Gasteiger partial charge in [0.1, 0.15) is 5.75 Å². The number of nitrogens with one attached hydrogen (secondary N) is 1. The maximum atomic E-state index is 12.2. The summed E-state index contributed by atoms with van der Waals surface area (Å²) in [5.74, 6) is 0.154. The molecule has 3 rings (SSSR count). The monoisotopic (exact) mass is 371 g/mol. The maximum Gasteiger partial charge on any atom is 0.344 e. The van der Waals surface area contributed by atoms with Crippen molar-refractivity contribution in [3.63, 3.8) is 0 Å². The number of para-hydroxylation sites is 1. The summed E-state index contributed by atoms with van der Waals surface area (Å²) in [7, 11) is 0. The van der Waals surface area contributed by atoms with Gasteiger partial charge in [0.2, 0.25) is 6.79 Å². The number of rotatable bonds is 7. The summed E-state index contributed by atoms with van der Waals surface area (Å²) in [6.45, 7) is 1.15. The minimum absolute atomic E-state index is 0.133. The molecule has 0 aliphatic carbocycles. The zero-order valence-corrected chi connectivity index (χ0v) is 14.5. The van der Waals surface area contributed by atoms with E-state index < -0.39 is 24.6 Å². The van der Waals surface area contributed by atoms with E-state index in [9.17, 15) is 14.4 Å². The van der Waals surface area contributed by atoms with E-state index in [0.29, 0.717) is 29.0 Å². The molecule has 1 aliphatic rings. The van der Waals surface area contributed by atoms with E-state index in [1.165, 1.54) is 6.92 Å². The Balaban J connectivity index is 1.50. The number of carbonyl (C=O) groups excluding carboxylic acids is 3. The number of ether oxygens (including phenoxy) is 4. The van der Waals surface area contributed by atoms with Gasteiger partial charge in [-0.05, 0) is 31.2 Å². The summed E-state index contributed by atoms with van der Waals surface area (Å²) >= 11 is 0. The van der Waals surface area contributed by atoms with E-state index in [1.54, 1.807) is 42.5 Å². The van der Waals surface area contributed by atoms with Crippen LogP contribution in [0.2, 0.25) is 0 Å². The Morgan fingerprint density at radius 2 is 1.96 bits per heavy atom. The molecule has 1 atom stereocenters. The molecule has 0 saturated heterocycles. The van der Waals surface area contributed by atoms with Crippen LogP contribution in [0.15, 0.2) is 42.5 Å². The molecular weight excluding hydrogens is 354 g/mol. The van der Waals surface area contributed by atoms with Crippen molar-refractivity contribution in [2.45, 2.75) is 13.0 Å². The number of hydrogen-bond donors (Lipinski definition) is 1. The van der Waals surface area contributed by atoms with Gasteiger partial charge < -0.3 is 24.3 Å². The zero-order valence-electron chi connectivity index (χ0n) is 14.5. The Bertz CT molecular complexity index is 865. The molecule has 140 valence electrons. The van der Waals surface area contributed by atoms with Gasteiger partial charge in [0.15, 0.2) is 30.5 Å². The third kappa shape index (κ3) is 4.55. The molecule has 8 heteroatoms. The van der Waals surface area contributed by atoms with Crippen LogP contribution >= 0.6 is 0 Å². The first kappa shape index (κ1) is 18.2. The minimum atomic E-state index is -1.03. The number of esters is 1. The number of fused-ring (bicyclic) bond motifs is 1. The van der Waals surface area contributed by atoms with Gasteiger partial charge in [-0.1, -0.05) is 12.1 Å². The zero-order chi connectivity index (χ0) is 19.2. The summed E-state index contributed by atoms with van der Waals surface area (Å²) in [5.41, 5.74) is 0.808. The highest BCUT2D eigenvalue weighted by Gasteiger charge is 2.20.